The summed E-state index contributed by atoms with van der Waals surface area (Å²) in [6.45, 7) is 2.26. The van der Waals surface area contributed by atoms with Gasteiger partial charge in [-0.15, -0.1) is 0 Å². The van der Waals surface area contributed by atoms with Gasteiger partial charge in [0.1, 0.15) is 5.82 Å². The molecule has 0 amide bonds. The van der Waals surface area contributed by atoms with Crippen LogP contribution in [-0.4, -0.2) is 27.5 Å². The summed E-state index contributed by atoms with van der Waals surface area (Å²) in [4.78, 5) is 10.9. The van der Waals surface area contributed by atoms with Gasteiger partial charge in [0.2, 0.25) is 0 Å². The predicted molar refractivity (Wildman–Crippen MR) is 54.4 cm³/mol. The molecule has 0 aromatic carbocycles. The van der Waals surface area contributed by atoms with Gasteiger partial charge in [0, 0.05) is 25.5 Å². The number of anilines is 1. The van der Waals surface area contributed by atoms with E-state index in [4.69, 9.17) is 0 Å². The Balaban J connectivity index is 2.04. The Morgan fingerprint density at radius 3 is 2.86 bits per heavy atom. The van der Waals surface area contributed by atoms with E-state index in [1.807, 2.05) is 23.0 Å². The van der Waals surface area contributed by atoms with Gasteiger partial charge in [0.15, 0.2) is 5.65 Å². The third-order valence-corrected chi connectivity index (χ3v) is 2.70. The molecule has 1 saturated heterocycles. The normalized spacial score (nSPS) is 16.7. The lowest BCUT2D eigenvalue weighted by Crippen LogP contribution is -2.19. The summed E-state index contributed by atoms with van der Waals surface area (Å²) in [7, 11) is 0. The van der Waals surface area contributed by atoms with Crippen LogP contribution < -0.4 is 4.90 Å². The molecule has 0 bridgehead atoms. The van der Waals surface area contributed by atoms with E-state index in [2.05, 4.69) is 14.9 Å². The summed E-state index contributed by atoms with van der Waals surface area (Å²) in [5.41, 5.74) is 0.910. The quantitative estimate of drug-likeness (QED) is 0.677. The minimum Gasteiger partial charge on any atom is -0.355 e. The number of imidazole rings is 1. The van der Waals surface area contributed by atoms with Crippen molar-refractivity contribution in [3.05, 3.63) is 24.8 Å². The van der Waals surface area contributed by atoms with Gasteiger partial charge >= 0.3 is 0 Å². The van der Waals surface area contributed by atoms with Gasteiger partial charge < -0.3 is 9.30 Å². The van der Waals surface area contributed by atoms with Crippen molar-refractivity contribution >= 4 is 11.5 Å². The minimum atomic E-state index is 0.910. The number of hydrogen-bond acceptors (Lipinski definition) is 3. The van der Waals surface area contributed by atoms with Gasteiger partial charge in [0.05, 0.1) is 12.4 Å². The highest BCUT2D eigenvalue weighted by Crippen LogP contribution is 2.17. The van der Waals surface area contributed by atoms with E-state index in [0.717, 1.165) is 24.6 Å². The molecule has 2 aromatic rings. The van der Waals surface area contributed by atoms with Gasteiger partial charge in [-0.3, -0.25) is 0 Å². The molecule has 0 saturated carbocycles. The Bertz CT molecular complexity index is 442. The molecule has 4 nitrogen and oxygen atoms in total. The summed E-state index contributed by atoms with van der Waals surface area (Å²) in [5, 5.41) is 0. The van der Waals surface area contributed by atoms with Gasteiger partial charge in [-0.05, 0) is 12.8 Å². The average Bonchev–Trinajstić information content (AvgIpc) is 2.88. The highest BCUT2D eigenvalue weighted by atomic mass is 15.2. The maximum Gasteiger partial charge on any atom is 0.155 e. The molecule has 0 radical (unpaired) electrons. The molecule has 4 heteroatoms. The molecule has 0 atom stereocenters. The SMILES string of the molecule is c1cn2cc(N3CCCC3)ncc2n1. The smallest absolute Gasteiger partial charge is 0.155 e. The van der Waals surface area contributed by atoms with Gasteiger partial charge in [-0.2, -0.15) is 0 Å². The van der Waals surface area contributed by atoms with Crippen LogP contribution in [-0.2, 0) is 0 Å². The molecule has 0 unspecified atom stereocenters. The van der Waals surface area contributed by atoms with Crippen LogP contribution in [0.25, 0.3) is 5.65 Å². The lowest BCUT2D eigenvalue weighted by molar-refractivity contribution is 0.921. The van der Waals surface area contributed by atoms with Gasteiger partial charge in [-0.25, -0.2) is 9.97 Å². The van der Waals surface area contributed by atoms with Crippen LogP contribution in [0.2, 0.25) is 0 Å². The van der Waals surface area contributed by atoms with Crippen LogP contribution in [0.1, 0.15) is 12.8 Å². The zero-order valence-electron chi connectivity index (χ0n) is 7.93. The maximum atomic E-state index is 4.40. The van der Waals surface area contributed by atoms with Crippen molar-refractivity contribution in [2.75, 3.05) is 18.0 Å². The first-order chi connectivity index (χ1) is 6.93. The Morgan fingerprint density at radius 1 is 1.14 bits per heavy atom. The lowest BCUT2D eigenvalue weighted by Gasteiger charge is -2.15. The van der Waals surface area contributed by atoms with Crippen LogP contribution >= 0.6 is 0 Å². The lowest BCUT2D eigenvalue weighted by atomic mass is 10.4. The molecule has 3 heterocycles. The van der Waals surface area contributed by atoms with Crippen LogP contribution in [0.4, 0.5) is 5.82 Å². The zero-order valence-corrected chi connectivity index (χ0v) is 7.93. The van der Waals surface area contributed by atoms with Crippen molar-refractivity contribution in [3.8, 4) is 0 Å². The van der Waals surface area contributed by atoms with E-state index >= 15 is 0 Å². The molecule has 1 fully saturated rings. The van der Waals surface area contributed by atoms with Crippen molar-refractivity contribution in [2.24, 2.45) is 0 Å². The minimum absolute atomic E-state index is 0.910. The predicted octanol–water partition coefficient (Wildman–Crippen LogP) is 1.33. The van der Waals surface area contributed by atoms with E-state index < -0.39 is 0 Å². The fourth-order valence-corrected chi connectivity index (χ4v) is 1.92. The highest BCUT2D eigenvalue weighted by Gasteiger charge is 2.13. The second-order valence-corrected chi connectivity index (χ2v) is 3.63. The Kier molecular flexibility index (Phi) is 1.65. The summed E-state index contributed by atoms with van der Waals surface area (Å²) in [6.07, 6.45) is 10.2. The van der Waals surface area contributed by atoms with Crippen molar-refractivity contribution < 1.29 is 0 Å². The first-order valence-corrected chi connectivity index (χ1v) is 4.97. The number of nitrogens with zero attached hydrogens (tertiary/aromatic N) is 4. The molecular weight excluding hydrogens is 176 g/mol. The van der Waals surface area contributed by atoms with Crippen LogP contribution in [0.5, 0.6) is 0 Å². The van der Waals surface area contributed by atoms with Gasteiger partial charge in [-0.1, -0.05) is 0 Å². The van der Waals surface area contributed by atoms with E-state index in [1.54, 1.807) is 6.20 Å². The van der Waals surface area contributed by atoms with Crippen LogP contribution in [0.3, 0.4) is 0 Å². The molecule has 1 aliphatic rings. The Hall–Kier alpha value is -1.58. The third kappa shape index (κ3) is 1.14. The second kappa shape index (κ2) is 2.97. The van der Waals surface area contributed by atoms with Crippen LogP contribution in [0, 0.1) is 0 Å². The zero-order chi connectivity index (χ0) is 9.38. The van der Waals surface area contributed by atoms with Crippen molar-refractivity contribution in [3.63, 3.8) is 0 Å². The largest absolute Gasteiger partial charge is 0.355 e. The van der Waals surface area contributed by atoms with Gasteiger partial charge in [0.25, 0.3) is 0 Å². The maximum absolute atomic E-state index is 4.40. The topological polar surface area (TPSA) is 33.4 Å². The molecule has 0 spiro atoms. The summed E-state index contributed by atoms with van der Waals surface area (Å²) in [6, 6.07) is 0. The third-order valence-electron chi connectivity index (χ3n) is 2.70. The van der Waals surface area contributed by atoms with Crippen molar-refractivity contribution in [2.45, 2.75) is 12.8 Å². The van der Waals surface area contributed by atoms with Crippen molar-refractivity contribution in [1.29, 1.82) is 0 Å². The highest BCUT2D eigenvalue weighted by molar-refractivity contribution is 5.44. The summed E-state index contributed by atoms with van der Waals surface area (Å²) < 4.78 is 2.01. The monoisotopic (exact) mass is 188 g/mol. The number of aromatic nitrogens is 3. The standard InChI is InChI=1S/C10H12N4/c1-2-5-13(4-1)10-8-14-6-3-11-9(14)7-12-10/h3,6-8H,1-2,4-5H2. The molecule has 0 aliphatic carbocycles. The van der Waals surface area contributed by atoms with Crippen molar-refractivity contribution in [1.82, 2.24) is 14.4 Å². The summed E-state index contributed by atoms with van der Waals surface area (Å²) in [5.74, 6) is 1.06. The summed E-state index contributed by atoms with van der Waals surface area (Å²) >= 11 is 0. The molecule has 1 aliphatic heterocycles. The molecule has 72 valence electrons. The second-order valence-electron chi connectivity index (χ2n) is 3.63. The molecule has 2 aromatic heterocycles. The number of hydrogen-bond donors (Lipinski definition) is 0. The molecule has 14 heavy (non-hydrogen) atoms. The van der Waals surface area contributed by atoms with E-state index in [1.165, 1.54) is 12.8 Å². The average molecular weight is 188 g/mol. The number of rotatable bonds is 1. The number of fused-ring (bicyclic) bond motifs is 1. The fraction of sp³-hybridized carbons (Fsp3) is 0.400. The first-order valence-electron chi connectivity index (χ1n) is 4.97. The fourth-order valence-electron chi connectivity index (χ4n) is 1.92. The van der Waals surface area contributed by atoms with Crippen LogP contribution in [0.15, 0.2) is 24.8 Å². The van der Waals surface area contributed by atoms with E-state index in [0.29, 0.717) is 0 Å². The van der Waals surface area contributed by atoms with E-state index in [9.17, 15) is 0 Å². The molecule has 0 N–H and O–H groups in total. The van der Waals surface area contributed by atoms with E-state index in [-0.39, 0.29) is 0 Å². The molecular formula is C10H12N4. The Morgan fingerprint density at radius 2 is 2.00 bits per heavy atom. The molecule has 3 rings (SSSR count). The first kappa shape index (κ1) is 7.79. The Labute approximate surface area is 82.2 Å².